The molecule has 124 valence electrons. The average Bonchev–Trinajstić information content (AvgIpc) is 3.11. The van der Waals surface area contributed by atoms with Crippen molar-refractivity contribution >= 4 is 33.0 Å². The van der Waals surface area contributed by atoms with Crippen molar-refractivity contribution in [2.75, 3.05) is 10.7 Å². The minimum Gasteiger partial charge on any atom is -0.398 e. The summed E-state index contributed by atoms with van der Waals surface area (Å²) in [5.74, 6) is 0. The monoisotopic (exact) mass is 391 g/mol. The number of nitrogens with zero attached hydrogens (tertiary/aromatic N) is 2. The molecule has 0 saturated heterocycles. The fourth-order valence-electron chi connectivity index (χ4n) is 3.15. The number of para-hydroxylation sites is 1. The molecule has 0 amide bonds. The van der Waals surface area contributed by atoms with Crippen LogP contribution in [0.1, 0.15) is 23.6 Å². The first-order valence-corrected chi connectivity index (χ1v) is 9.04. The molecule has 0 spiro atoms. The van der Waals surface area contributed by atoms with E-state index in [2.05, 4.69) is 57.3 Å². The van der Waals surface area contributed by atoms with Gasteiger partial charge in [-0.25, -0.2) is 0 Å². The maximum absolute atomic E-state index is 5.93. The van der Waals surface area contributed by atoms with Crippen LogP contribution in [-0.2, 0) is 0 Å². The summed E-state index contributed by atoms with van der Waals surface area (Å²) in [4.78, 5) is 0. The average molecular weight is 392 g/mol. The standard InChI is InChI=1S/C21H18BrN3/c22-18-13-16(11-12-19(18)23)20-14-21(15-7-3-1-4-8-15)25(24-20)17-9-5-2-6-10-17/h1-13,21H,14,23H2. The molecule has 4 rings (SSSR count). The molecule has 3 aromatic carbocycles. The lowest BCUT2D eigenvalue weighted by atomic mass is 9.98. The Morgan fingerprint density at radius 2 is 1.60 bits per heavy atom. The Morgan fingerprint density at radius 3 is 2.28 bits per heavy atom. The summed E-state index contributed by atoms with van der Waals surface area (Å²) in [6.45, 7) is 0. The van der Waals surface area contributed by atoms with Gasteiger partial charge in [-0.3, -0.25) is 5.01 Å². The molecule has 0 fully saturated rings. The second-order valence-corrected chi connectivity index (χ2v) is 6.95. The molecule has 3 aromatic rings. The van der Waals surface area contributed by atoms with E-state index >= 15 is 0 Å². The molecule has 3 nitrogen and oxygen atoms in total. The smallest absolute Gasteiger partial charge is 0.0831 e. The molecule has 1 atom stereocenters. The lowest BCUT2D eigenvalue weighted by Crippen LogP contribution is -2.18. The van der Waals surface area contributed by atoms with Crippen LogP contribution in [0.25, 0.3) is 0 Å². The van der Waals surface area contributed by atoms with E-state index in [0.29, 0.717) is 0 Å². The van der Waals surface area contributed by atoms with E-state index in [1.165, 1.54) is 5.56 Å². The molecule has 1 unspecified atom stereocenters. The molecule has 0 radical (unpaired) electrons. The van der Waals surface area contributed by atoms with Gasteiger partial charge in [0.15, 0.2) is 0 Å². The summed E-state index contributed by atoms with van der Waals surface area (Å²) >= 11 is 3.52. The fourth-order valence-corrected chi connectivity index (χ4v) is 3.52. The van der Waals surface area contributed by atoms with Crippen molar-refractivity contribution in [2.24, 2.45) is 5.10 Å². The first-order valence-electron chi connectivity index (χ1n) is 8.24. The predicted molar refractivity (Wildman–Crippen MR) is 108 cm³/mol. The number of halogens is 1. The van der Waals surface area contributed by atoms with Gasteiger partial charge in [0.25, 0.3) is 0 Å². The van der Waals surface area contributed by atoms with Crippen molar-refractivity contribution in [1.82, 2.24) is 0 Å². The van der Waals surface area contributed by atoms with Crippen molar-refractivity contribution in [2.45, 2.75) is 12.5 Å². The minimum atomic E-state index is 0.190. The van der Waals surface area contributed by atoms with Crippen molar-refractivity contribution in [3.63, 3.8) is 0 Å². The lowest BCUT2D eigenvalue weighted by molar-refractivity contribution is 0.709. The Morgan fingerprint density at radius 1 is 0.920 bits per heavy atom. The van der Waals surface area contributed by atoms with E-state index in [1.54, 1.807) is 0 Å². The maximum Gasteiger partial charge on any atom is 0.0831 e. The molecule has 0 bridgehead atoms. The largest absolute Gasteiger partial charge is 0.398 e. The van der Waals surface area contributed by atoms with Crippen LogP contribution in [0.15, 0.2) is 88.4 Å². The van der Waals surface area contributed by atoms with Crippen LogP contribution in [0.5, 0.6) is 0 Å². The van der Waals surface area contributed by atoms with Crippen LogP contribution >= 0.6 is 15.9 Å². The van der Waals surface area contributed by atoms with Gasteiger partial charge in [0.05, 0.1) is 17.4 Å². The van der Waals surface area contributed by atoms with Gasteiger partial charge in [0.2, 0.25) is 0 Å². The summed E-state index contributed by atoms with van der Waals surface area (Å²) in [7, 11) is 0. The third kappa shape index (κ3) is 3.17. The molecule has 25 heavy (non-hydrogen) atoms. The lowest BCUT2D eigenvalue weighted by Gasteiger charge is -2.23. The zero-order valence-electron chi connectivity index (χ0n) is 13.6. The highest BCUT2D eigenvalue weighted by molar-refractivity contribution is 9.10. The number of nitrogen functional groups attached to an aromatic ring is 1. The van der Waals surface area contributed by atoms with E-state index in [4.69, 9.17) is 10.8 Å². The van der Waals surface area contributed by atoms with Crippen LogP contribution in [0.2, 0.25) is 0 Å². The van der Waals surface area contributed by atoms with E-state index in [1.807, 2.05) is 42.5 Å². The molecule has 1 aliphatic heterocycles. The zero-order chi connectivity index (χ0) is 17.2. The van der Waals surface area contributed by atoms with Crippen LogP contribution in [0, 0.1) is 0 Å². The molecule has 0 aliphatic carbocycles. The van der Waals surface area contributed by atoms with Crippen molar-refractivity contribution in [3.8, 4) is 0 Å². The zero-order valence-corrected chi connectivity index (χ0v) is 15.2. The Hall–Kier alpha value is -2.59. The highest BCUT2D eigenvalue weighted by Crippen LogP contribution is 2.37. The molecule has 4 heteroatoms. The highest BCUT2D eigenvalue weighted by Gasteiger charge is 2.29. The first kappa shape index (κ1) is 15.9. The van der Waals surface area contributed by atoms with E-state index in [-0.39, 0.29) is 6.04 Å². The SMILES string of the molecule is Nc1ccc(C2=NN(c3ccccc3)C(c3ccccc3)C2)cc1Br. The second-order valence-electron chi connectivity index (χ2n) is 6.09. The topological polar surface area (TPSA) is 41.6 Å². The quantitative estimate of drug-likeness (QED) is 0.608. The van der Waals surface area contributed by atoms with Gasteiger partial charge in [-0.1, -0.05) is 54.6 Å². The summed E-state index contributed by atoms with van der Waals surface area (Å²) in [5.41, 5.74) is 11.2. The normalized spacial score (nSPS) is 16.8. The van der Waals surface area contributed by atoms with Gasteiger partial charge in [0, 0.05) is 16.6 Å². The van der Waals surface area contributed by atoms with Gasteiger partial charge in [-0.15, -0.1) is 0 Å². The van der Waals surface area contributed by atoms with Crippen molar-refractivity contribution < 1.29 is 0 Å². The van der Waals surface area contributed by atoms with E-state index in [9.17, 15) is 0 Å². The van der Waals surface area contributed by atoms with Gasteiger partial charge in [0.1, 0.15) is 0 Å². The first-order chi connectivity index (χ1) is 12.2. The summed E-state index contributed by atoms with van der Waals surface area (Å²) in [6.07, 6.45) is 0.856. The number of hydrogen-bond donors (Lipinski definition) is 1. The van der Waals surface area contributed by atoms with Gasteiger partial charge in [-0.2, -0.15) is 5.10 Å². The molecule has 0 saturated carbocycles. The number of hydrazone groups is 1. The summed E-state index contributed by atoms with van der Waals surface area (Å²) in [5, 5.41) is 7.07. The number of benzene rings is 3. The van der Waals surface area contributed by atoms with Crippen LogP contribution in [0.4, 0.5) is 11.4 Å². The van der Waals surface area contributed by atoms with Crippen molar-refractivity contribution in [1.29, 1.82) is 0 Å². The molecule has 1 aliphatic rings. The summed E-state index contributed by atoms with van der Waals surface area (Å²) in [6, 6.07) is 27.0. The van der Waals surface area contributed by atoms with Crippen LogP contribution in [-0.4, -0.2) is 5.71 Å². The number of rotatable bonds is 3. The summed E-state index contributed by atoms with van der Waals surface area (Å²) < 4.78 is 0.905. The van der Waals surface area contributed by atoms with Crippen LogP contribution < -0.4 is 10.7 Å². The second kappa shape index (κ2) is 6.73. The third-order valence-corrected chi connectivity index (χ3v) is 5.14. The molecular weight excluding hydrogens is 374 g/mol. The Kier molecular flexibility index (Phi) is 4.28. The molecule has 2 N–H and O–H groups in total. The Balaban J connectivity index is 1.75. The predicted octanol–water partition coefficient (Wildman–Crippen LogP) is 5.39. The Labute approximate surface area is 155 Å². The molecule has 1 heterocycles. The van der Waals surface area contributed by atoms with E-state index < -0.39 is 0 Å². The van der Waals surface area contributed by atoms with Crippen molar-refractivity contribution in [3.05, 3.63) is 94.5 Å². The maximum atomic E-state index is 5.93. The number of nitrogens with two attached hydrogens (primary N) is 1. The number of hydrogen-bond acceptors (Lipinski definition) is 3. The van der Waals surface area contributed by atoms with E-state index in [0.717, 1.165) is 33.5 Å². The van der Waals surface area contributed by atoms with Gasteiger partial charge in [-0.05, 0) is 51.3 Å². The number of anilines is 2. The van der Waals surface area contributed by atoms with Crippen LogP contribution in [0.3, 0.4) is 0 Å². The Bertz CT molecular complexity index is 907. The molecular formula is C21H18BrN3. The highest BCUT2D eigenvalue weighted by atomic mass is 79.9. The van der Waals surface area contributed by atoms with Gasteiger partial charge < -0.3 is 5.73 Å². The fraction of sp³-hybridized carbons (Fsp3) is 0.0952. The minimum absolute atomic E-state index is 0.190. The van der Waals surface area contributed by atoms with Gasteiger partial charge >= 0.3 is 0 Å². The molecule has 0 aromatic heterocycles. The third-order valence-electron chi connectivity index (χ3n) is 4.45.